The van der Waals surface area contributed by atoms with E-state index in [1.165, 1.54) is 48.5 Å². The van der Waals surface area contributed by atoms with Crippen molar-refractivity contribution in [3.05, 3.63) is 76.3 Å². The number of sulfonamides is 1. The number of nitrogens with one attached hydrogen (secondary N) is 1. The van der Waals surface area contributed by atoms with Gasteiger partial charge in [-0.2, -0.15) is 8.42 Å². The third-order valence-electron chi connectivity index (χ3n) is 5.10. The second-order valence-electron chi connectivity index (χ2n) is 7.25. The predicted octanol–water partition coefficient (Wildman–Crippen LogP) is 2.23. The first-order valence-electron chi connectivity index (χ1n) is 9.22. The number of hydrogen-bond donors (Lipinski definition) is 4. The summed E-state index contributed by atoms with van der Waals surface area (Å²) in [5.74, 6) is -4.77. The molecule has 4 rings (SSSR count). The summed E-state index contributed by atoms with van der Waals surface area (Å²) >= 11 is 0. The first-order chi connectivity index (χ1) is 15.3. The maximum absolute atomic E-state index is 13.2. The van der Waals surface area contributed by atoms with Crippen LogP contribution in [0.1, 0.15) is 37.4 Å². The molecule has 0 aliphatic heterocycles. The molecule has 0 bridgehead atoms. The molecular weight excluding hydrogens is 474 g/mol. The van der Waals surface area contributed by atoms with Crippen molar-refractivity contribution in [2.24, 2.45) is 0 Å². The molecule has 12 heteroatoms. The fraction of sp³-hybridized carbons (Fsp3) is 0.0476. The van der Waals surface area contributed by atoms with Gasteiger partial charge >= 0.3 is 10.1 Å². The van der Waals surface area contributed by atoms with E-state index in [0.29, 0.717) is 0 Å². The first-order valence-corrected chi connectivity index (χ1v) is 12.1. The van der Waals surface area contributed by atoms with Gasteiger partial charge in [0.25, 0.3) is 10.0 Å². The van der Waals surface area contributed by atoms with Crippen molar-refractivity contribution < 1.29 is 41.2 Å². The Morgan fingerprint density at radius 3 is 1.79 bits per heavy atom. The van der Waals surface area contributed by atoms with Crippen molar-refractivity contribution in [3.63, 3.8) is 0 Å². The van der Waals surface area contributed by atoms with E-state index in [1.807, 2.05) is 4.72 Å². The zero-order valence-electron chi connectivity index (χ0n) is 16.7. The lowest BCUT2D eigenvalue weighted by molar-refractivity contribution is 0.0976. The summed E-state index contributed by atoms with van der Waals surface area (Å²) in [6.07, 6.45) is 0. The number of aromatic hydroxyl groups is 2. The minimum atomic E-state index is -5.36. The highest BCUT2D eigenvalue weighted by atomic mass is 32.2. The molecule has 0 spiro atoms. The maximum Gasteiger partial charge on any atom is 0.302 e. The van der Waals surface area contributed by atoms with Crippen molar-refractivity contribution in [1.82, 2.24) is 0 Å². The van der Waals surface area contributed by atoms with Gasteiger partial charge in [0.1, 0.15) is 5.69 Å². The fourth-order valence-corrected chi connectivity index (χ4v) is 5.32. The van der Waals surface area contributed by atoms with Crippen molar-refractivity contribution in [1.29, 1.82) is 0 Å². The number of carbonyl (C=O) groups is 2. The number of ketones is 2. The lowest BCUT2D eigenvalue weighted by Crippen LogP contribution is -2.25. The Morgan fingerprint density at radius 1 is 0.758 bits per heavy atom. The van der Waals surface area contributed by atoms with Crippen molar-refractivity contribution in [2.75, 3.05) is 4.72 Å². The Bertz CT molecular complexity index is 1570. The van der Waals surface area contributed by atoms with Gasteiger partial charge in [-0.05, 0) is 19.1 Å². The van der Waals surface area contributed by atoms with Crippen LogP contribution < -0.4 is 4.72 Å². The summed E-state index contributed by atoms with van der Waals surface area (Å²) in [6.45, 7) is 1.71. The molecule has 0 fully saturated rings. The van der Waals surface area contributed by atoms with E-state index in [4.69, 9.17) is 0 Å². The van der Waals surface area contributed by atoms with E-state index in [9.17, 15) is 41.2 Å². The van der Waals surface area contributed by atoms with E-state index >= 15 is 0 Å². The molecule has 0 saturated heterocycles. The third kappa shape index (κ3) is 3.53. The minimum Gasteiger partial charge on any atom is -0.506 e. The molecule has 0 saturated carbocycles. The van der Waals surface area contributed by atoms with E-state index in [-0.39, 0.29) is 16.0 Å². The Morgan fingerprint density at radius 2 is 1.27 bits per heavy atom. The molecule has 0 amide bonds. The van der Waals surface area contributed by atoms with Crippen LogP contribution in [-0.2, 0) is 20.1 Å². The van der Waals surface area contributed by atoms with Gasteiger partial charge < -0.3 is 10.2 Å². The quantitative estimate of drug-likeness (QED) is 0.190. The van der Waals surface area contributed by atoms with Gasteiger partial charge in [-0.1, -0.05) is 42.0 Å². The van der Waals surface area contributed by atoms with Gasteiger partial charge in [0.15, 0.2) is 28.0 Å². The van der Waals surface area contributed by atoms with Crippen molar-refractivity contribution >= 4 is 37.4 Å². The fourth-order valence-electron chi connectivity index (χ4n) is 3.55. The van der Waals surface area contributed by atoms with Crippen LogP contribution in [0.4, 0.5) is 5.69 Å². The molecular formula is C21H15NO9S2. The zero-order chi connectivity index (χ0) is 24.3. The smallest absolute Gasteiger partial charge is 0.302 e. The highest BCUT2D eigenvalue weighted by Crippen LogP contribution is 2.48. The number of fused-ring (bicyclic) bond motifs is 2. The Hall–Kier alpha value is -3.74. The molecule has 170 valence electrons. The van der Waals surface area contributed by atoms with Crippen LogP contribution in [0.5, 0.6) is 11.5 Å². The number of hydrogen-bond acceptors (Lipinski definition) is 8. The van der Waals surface area contributed by atoms with E-state index in [2.05, 4.69) is 0 Å². The summed E-state index contributed by atoms with van der Waals surface area (Å²) in [7, 11) is -9.87. The van der Waals surface area contributed by atoms with Gasteiger partial charge in [-0.3, -0.25) is 18.9 Å². The molecule has 3 aromatic carbocycles. The monoisotopic (exact) mass is 489 g/mol. The van der Waals surface area contributed by atoms with Gasteiger partial charge in [0.05, 0.1) is 16.0 Å². The molecule has 1 aliphatic rings. The number of phenolic OH excluding ortho intramolecular Hbond substituents is 2. The molecule has 0 atom stereocenters. The largest absolute Gasteiger partial charge is 0.506 e. The number of anilines is 1. The Kier molecular flexibility index (Phi) is 5.04. The van der Waals surface area contributed by atoms with Crippen LogP contribution in [0.3, 0.4) is 0 Å². The number of rotatable bonds is 4. The number of carbonyl (C=O) groups excluding carboxylic acids is 2. The molecule has 10 nitrogen and oxygen atoms in total. The molecule has 33 heavy (non-hydrogen) atoms. The molecule has 4 N–H and O–H groups in total. The molecule has 1 aliphatic carbocycles. The van der Waals surface area contributed by atoms with Crippen molar-refractivity contribution in [3.8, 4) is 11.5 Å². The first kappa shape index (κ1) is 22.5. The van der Waals surface area contributed by atoms with Crippen LogP contribution in [-0.4, -0.2) is 43.2 Å². The van der Waals surface area contributed by atoms with E-state index < -0.39 is 64.9 Å². The number of benzene rings is 3. The highest BCUT2D eigenvalue weighted by Gasteiger charge is 2.41. The molecule has 0 unspecified atom stereocenters. The van der Waals surface area contributed by atoms with Crippen LogP contribution in [0, 0.1) is 6.92 Å². The predicted molar refractivity (Wildman–Crippen MR) is 115 cm³/mol. The van der Waals surface area contributed by atoms with Crippen LogP contribution >= 0.6 is 0 Å². The number of aryl methyl sites for hydroxylation is 1. The van der Waals surface area contributed by atoms with Crippen molar-refractivity contribution in [2.45, 2.75) is 16.7 Å². The molecule has 0 radical (unpaired) electrons. The summed E-state index contributed by atoms with van der Waals surface area (Å²) in [4.78, 5) is 24.4. The summed E-state index contributed by atoms with van der Waals surface area (Å²) < 4.78 is 61.1. The number of phenols is 2. The third-order valence-corrected chi connectivity index (χ3v) is 7.37. The average Bonchev–Trinajstić information content (AvgIpc) is 2.73. The van der Waals surface area contributed by atoms with E-state index in [0.717, 1.165) is 5.56 Å². The normalized spacial score (nSPS) is 13.4. The Labute approximate surface area is 187 Å². The summed E-state index contributed by atoms with van der Waals surface area (Å²) in [6, 6.07) is 10.8. The summed E-state index contributed by atoms with van der Waals surface area (Å²) in [5, 5.41) is 21.1. The van der Waals surface area contributed by atoms with Gasteiger partial charge in [-0.15, -0.1) is 0 Å². The highest BCUT2D eigenvalue weighted by molar-refractivity contribution is 7.92. The van der Waals surface area contributed by atoms with Crippen LogP contribution in [0.25, 0.3) is 0 Å². The lowest BCUT2D eigenvalue weighted by atomic mass is 9.82. The van der Waals surface area contributed by atoms with Gasteiger partial charge in [0.2, 0.25) is 0 Å². The molecule has 3 aromatic rings. The Balaban J connectivity index is 2.06. The zero-order valence-corrected chi connectivity index (χ0v) is 18.4. The van der Waals surface area contributed by atoms with E-state index in [1.54, 1.807) is 6.92 Å². The van der Waals surface area contributed by atoms with Gasteiger partial charge in [0, 0.05) is 11.1 Å². The standard InChI is InChI=1S/C21H15NO9S2/c1-10-6-8-11(9-7-10)32(27,28)22-16-14-15(19(25)21(20(16)26)33(29,30)31)18(24)13-5-3-2-4-12(13)17(14)23/h2-9,22,25-26H,1H3,(H,29,30,31). The minimum absolute atomic E-state index is 0.149. The topological polar surface area (TPSA) is 175 Å². The second-order valence-corrected chi connectivity index (χ2v) is 10.3. The van der Waals surface area contributed by atoms with Crippen LogP contribution in [0.15, 0.2) is 58.3 Å². The maximum atomic E-state index is 13.2. The molecule has 0 heterocycles. The van der Waals surface area contributed by atoms with Crippen LogP contribution in [0.2, 0.25) is 0 Å². The van der Waals surface area contributed by atoms with Gasteiger partial charge in [-0.25, -0.2) is 8.42 Å². The lowest BCUT2D eigenvalue weighted by Gasteiger charge is -2.24. The second kappa shape index (κ2) is 7.40. The SMILES string of the molecule is Cc1ccc(S(=O)(=O)Nc2c(O)c(S(=O)(=O)O)c(O)c3c2C(=O)c2ccccc2C3=O)cc1. The molecule has 0 aromatic heterocycles. The summed E-state index contributed by atoms with van der Waals surface area (Å²) in [5.41, 5.74) is -2.18. The average molecular weight is 489 g/mol.